The van der Waals surface area contributed by atoms with Crippen LogP contribution in [-0.4, -0.2) is 22.7 Å². The summed E-state index contributed by atoms with van der Waals surface area (Å²) >= 11 is 1.28. The number of carbonyl (C=O) groups is 2. The second kappa shape index (κ2) is 8.04. The Morgan fingerprint density at radius 2 is 1.91 bits per heavy atom. The van der Waals surface area contributed by atoms with E-state index >= 15 is 0 Å². The van der Waals surface area contributed by atoms with Crippen molar-refractivity contribution >= 4 is 29.4 Å². The number of nitrogens with zero attached hydrogens (tertiary/aromatic N) is 1. The normalized spacial score (nSPS) is 10.0. The van der Waals surface area contributed by atoms with Crippen molar-refractivity contribution in [3.8, 4) is 0 Å². The molecule has 0 unspecified atom stereocenters. The molecule has 114 valence electrons. The summed E-state index contributed by atoms with van der Waals surface area (Å²) in [6.07, 6.45) is 1.67. The molecule has 1 aromatic carbocycles. The monoisotopic (exact) mass is 316 g/mol. The molecule has 0 aliphatic carbocycles. The molecule has 0 saturated carbocycles. The number of hydrogen-bond acceptors (Lipinski definition) is 4. The van der Waals surface area contributed by atoms with Crippen LogP contribution in [0, 0.1) is 0 Å². The van der Waals surface area contributed by atoms with Gasteiger partial charge in [-0.3, -0.25) is 9.78 Å². The number of benzene rings is 1. The maximum Gasteiger partial charge on any atom is 0.319 e. The number of urea groups is 1. The van der Waals surface area contributed by atoms with E-state index in [9.17, 15) is 9.59 Å². The maximum absolute atomic E-state index is 11.9. The van der Waals surface area contributed by atoms with Crippen LogP contribution in [-0.2, 0) is 11.3 Å². The van der Waals surface area contributed by atoms with Crippen molar-refractivity contribution in [2.45, 2.75) is 11.4 Å². The first-order chi connectivity index (χ1) is 10.6. The quantitative estimate of drug-likeness (QED) is 0.710. The predicted octanol–water partition coefficient (Wildman–Crippen LogP) is 1.98. The van der Waals surface area contributed by atoms with Gasteiger partial charge in [-0.2, -0.15) is 0 Å². The summed E-state index contributed by atoms with van der Waals surface area (Å²) < 4.78 is 0. The van der Waals surface area contributed by atoms with Crippen molar-refractivity contribution in [1.29, 1.82) is 0 Å². The Labute approximate surface area is 132 Å². The lowest BCUT2D eigenvalue weighted by molar-refractivity contribution is -0.115. The van der Waals surface area contributed by atoms with E-state index in [1.165, 1.54) is 11.8 Å². The Morgan fingerprint density at radius 3 is 2.64 bits per heavy atom. The number of nitrogens with one attached hydrogen (secondary N) is 2. The molecule has 6 nitrogen and oxygen atoms in total. The summed E-state index contributed by atoms with van der Waals surface area (Å²) in [5, 5.41) is 5.48. The number of anilines is 1. The molecule has 4 N–H and O–H groups in total. The highest BCUT2D eigenvalue weighted by molar-refractivity contribution is 8.00. The molecule has 0 spiro atoms. The molecule has 3 amide bonds. The number of para-hydroxylation sites is 1. The zero-order chi connectivity index (χ0) is 15.8. The molecule has 22 heavy (non-hydrogen) atoms. The molecule has 0 atom stereocenters. The molecule has 0 aliphatic heterocycles. The van der Waals surface area contributed by atoms with Crippen molar-refractivity contribution in [2.24, 2.45) is 5.73 Å². The number of thioether (sulfide) groups is 1. The molecule has 0 aliphatic rings. The third kappa shape index (κ3) is 5.10. The summed E-state index contributed by atoms with van der Waals surface area (Å²) in [7, 11) is 0. The van der Waals surface area contributed by atoms with Gasteiger partial charge in [-0.05, 0) is 24.3 Å². The predicted molar refractivity (Wildman–Crippen MR) is 86.5 cm³/mol. The molecular weight excluding hydrogens is 300 g/mol. The lowest BCUT2D eigenvalue weighted by Crippen LogP contribution is -2.28. The van der Waals surface area contributed by atoms with E-state index in [-0.39, 0.29) is 11.8 Å². The van der Waals surface area contributed by atoms with E-state index < -0.39 is 5.91 Å². The molecule has 0 fully saturated rings. The Balaban J connectivity index is 1.92. The number of amides is 3. The van der Waals surface area contributed by atoms with Gasteiger partial charge in [0, 0.05) is 11.1 Å². The fourth-order valence-corrected chi connectivity index (χ4v) is 2.43. The van der Waals surface area contributed by atoms with Crippen LogP contribution >= 0.6 is 11.8 Å². The van der Waals surface area contributed by atoms with Gasteiger partial charge in [-0.1, -0.05) is 18.2 Å². The van der Waals surface area contributed by atoms with Gasteiger partial charge in [-0.15, -0.1) is 11.8 Å². The fourth-order valence-electron chi connectivity index (χ4n) is 1.68. The molecule has 2 aromatic rings. The zero-order valence-electron chi connectivity index (χ0n) is 11.8. The summed E-state index contributed by atoms with van der Waals surface area (Å²) in [6.45, 7) is 0.337. The Hall–Kier alpha value is -2.54. The third-order valence-electron chi connectivity index (χ3n) is 2.66. The van der Waals surface area contributed by atoms with E-state index in [1.54, 1.807) is 12.3 Å². The van der Waals surface area contributed by atoms with Gasteiger partial charge in [0.25, 0.3) is 0 Å². The fraction of sp³-hybridized carbons (Fsp3) is 0.133. The number of hydrogen-bond donors (Lipinski definition) is 3. The number of nitrogens with two attached hydrogens (primary N) is 1. The van der Waals surface area contributed by atoms with Crippen LogP contribution in [0.3, 0.4) is 0 Å². The first kappa shape index (κ1) is 15.8. The SMILES string of the molecule is NC(=O)CSc1ccccc1NC(=O)NCc1ccccn1. The summed E-state index contributed by atoms with van der Waals surface area (Å²) in [5.41, 5.74) is 6.54. The van der Waals surface area contributed by atoms with Crippen LogP contribution in [0.2, 0.25) is 0 Å². The first-order valence-electron chi connectivity index (χ1n) is 6.60. The second-order valence-electron chi connectivity index (χ2n) is 4.38. The van der Waals surface area contributed by atoms with Crippen molar-refractivity contribution in [3.05, 3.63) is 54.4 Å². The minimum absolute atomic E-state index is 0.161. The van der Waals surface area contributed by atoms with Gasteiger partial charge in [-0.25, -0.2) is 4.79 Å². The van der Waals surface area contributed by atoms with Crippen molar-refractivity contribution in [2.75, 3.05) is 11.1 Å². The van der Waals surface area contributed by atoms with Crippen LogP contribution in [0.5, 0.6) is 0 Å². The summed E-state index contributed by atoms with van der Waals surface area (Å²) in [4.78, 5) is 27.7. The molecule has 0 bridgehead atoms. The van der Waals surface area contributed by atoms with Crippen LogP contribution in [0.25, 0.3) is 0 Å². The Morgan fingerprint density at radius 1 is 1.14 bits per heavy atom. The van der Waals surface area contributed by atoms with Gasteiger partial charge in [0.15, 0.2) is 0 Å². The van der Waals surface area contributed by atoms with Crippen LogP contribution < -0.4 is 16.4 Å². The average molecular weight is 316 g/mol. The largest absolute Gasteiger partial charge is 0.369 e. The third-order valence-corrected chi connectivity index (χ3v) is 3.76. The second-order valence-corrected chi connectivity index (χ2v) is 5.40. The highest BCUT2D eigenvalue weighted by Gasteiger charge is 2.08. The number of primary amides is 1. The van der Waals surface area contributed by atoms with E-state index in [0.29, 0.717) is 12.2 Å². The van der Waals surface area contributed by atoms with Crippen LogP contribution in [0.4, 0.5) is 10.5 Å². The molecule has 1 aromatic heterocycles. The van der Waals surface area contributed by atoms with E-state index in [4.69, 9.17) is 5.73 Å². The first-order valence-corrected chi connectivity index (χ1v) is 7.58. The summed E-state index contributed by atoms with van der Waals surface area (Å²) in [5.74, 6) is -0.242. The van der Waals surface area contributed by atoms with Crippen LogP contribution in [0.1, 0.15) is 5.69 Å². The van der Waals surface area contributed by atoms with Gasteiger partial charge in [0.05, 0.1) is 23.7 Å². The standard InChI is InChI=1S/C15H16N4O2S/c16-14(20)10-22-13-7-2-1-6-12(13)19-15(21)18-9-11-5-3-4-8-17-11/h1-8H,9-10H2,(H2,16,20)(H2,18,19,21). The Bertz CT molecular complexity index is 649. The maximum atomic E-state index is 11.9. The van der Waals surface area contributed by atoms with Crippen molar-refractivity contribution in [3.63, 3.8) is 0 Å². The smallest absolute Gasteiger partial charge is 0.319 e. The minimum atomic E-state index is -0.403. The van der Waals surface area contributed by atoms with Crippen LogP contribution in [0.15, 0.2) is 53.6 Å². The van der Waals surface area contributed by atoms with Crippen molar-refractivity contribution < 1.29 is 9.59 Å². The number of rotatable bonds is 6. The molecule has 1 heterocycles. The molecule has 0 radical (unpaired) electrons. The highest BCUT2D eigenvalue weighted by Crippen LogP contribution is 2.26. The lowest BCUT2D eigenvalue weighted by Gasteiger charge is -2.11. The zero-order valence-corrected chi connectivity index (χ0v) is 12.6. The highest BCUT2D eigenvalue weighted by atomic mass is 32.2. The van der Waals surface area contributed by atoms with Gasteiger partial charge < -0.3 is 16.4 Å². The van der Waals surface area contributed by atoms with Crippen molar-refractivity contribution in [1.82, 2.24) is 10.3 Å². The van der Waals surface area contributed by atoms with E-state index in [1.807, 2.05) is 36.4 Å². The molecule has 0 saturated heterocycles. The summed E-state index contributed by atoms with van der Waals surface area (Å²) in [6, 6.07) is 12.4. The molecule has 7 heteroatoms. The van der Waals surface area contributed by atoms with Gasteiger partial charge in [0.2, 0.25) is 5.91 Å². The van der Waals surface area contributed by atoms with E-state index in [2.05, 4.69) is 15.6 Å². The Kier molecular flexibility index (Phi) is 5.79. The topological polar surface area (TPSA) is 97.1 Å². The number of carbonyl (C=O) groups excluding carboxylic acids is 2. The van der Waals surface area contributed by atoms with E-state index in [0.717, 1.165) is 10.6 Å². The van der Waals surface area contributed by atoms with Gasteiger partial charge >= 0.3 is 6.03 Å². The average Bonchev–Trinajstić information content (AvgIpc) is 2.53. The molecular formula is C15H16N4O2S. The molecule has 2 rings (SSSR count). The number of pyridine rings is 1. The lowest BCUT2D eigenvalue weighted by atomic mass is 10.3. The minimum Gasteiger partial charge on any atom is -0.369 e. The van der Waals surface area contributed by atoms with Gasteiger partial charge in [0.1, 0.15) is 0 Å². The number of aromatic nitrogens is 1.